The van der Waals surface area contributed by atoms with Gasteiger partial charge in [-0.25, -0.2) is 4.98 Å². The van der Waals surface area contributed by atoms with Crippen molar-refractivity contribution in [1.82, 2.24) is 14.9 Å². The van der Waals surface area contributed by atoms with Crippen LogP contribution >= 0.6 is 11.8 Å². The average Bonchev–Trinajstić information content (AvgIpc) is 2.69. The Labute approximate surface area is 110 Å². The molecule has 1 aromatic heterocycles. The molecule has 0 radical (unpaired) electrons. The molecule has 18 heavy (non-hydrogen) atoms. The van der Waals surface area contributed by atoms with Crippen LogP contribution in [0.2, 0.25) is 0 Å². The molecule has 1 saturated heterocycles. The Balaban J connectivity index is 1.85. The zero-order chi connectivity index (χ0) is 12.4. The highest BCUT2D eigenvalue weighted by Gasteiger charge is 2.17. The Kier molecular flexibility index (Phi) is 3.23. The molecule has 4 nitrogen and oxygen atoms in total. The summed E-state index contributed by atoms with van der Waals surface area (Å²) in [5.74, 6) is 2.33. The third-order valence-corrected chi connectivity index (χ3v) is 4.23. The average molecular weight is 261 g/mol. The zero-order valence-corrected chi connectivity index (χ0v) is 10.9. The van der Waals surface area contributed by atoms with Gasteiger partial charge < -0.3 is 9.88 Å². The number of imidazole rings is 1. The summed E-state index contributed by atoms with van der Waals surface area (Å²) in [4.78, 5) is 21.6. The van der Waals surface area contributed by atoms with E-state index in [1.54, 1.807) is 6.33 Å². The number of hydrogen-bond donors (Lipinski definition) is 1. The highest BCUT2D eigenvalue weighted by Crippen LogP contribution is 2.16. The smallest absolute Gasteiger partial charge is 0.253 e. The number of hydrogen-bond acceptors (Lipinski definition) is 3. The summed E-state index contributed by atoms with van der Waals surface area (Å²) < 4.78 is 0. The third-order valence-electron chi connectivity index (χ3n) is 3.18. The van der Waals surface area contributed by atoms with E-state index in [4.69, 9.17) is 0 Å². The van der Waals surface area contributed by atoms with Crippen LogP contribution in [0.25, 0.3) is 11.0 Å². The Hall–Kier alpha value is -1.49. The predicted molar refractivity (Wildman–Crippen MR) is 73.9 cm³/mol. The summed E-state index contributed by atoms with van der Waals surface area (Å²) in [6.45, 7) is 1.72. The van der Waals surface area contributed by atoms with Gasteiger partial charge in [0.15, 0.2) is 0 Å². The fourth-order valence-electron chi connectivity index (χ4n) is 2.20. The number of fused-ring (bicyclic) bond motifs is 1. The summed E-state index contributed by atoms with van der Waals surface area (Å²) in [6, 6.07) is 5.65. The molecule has 2 aromatic rings. The van der Waals surface area contributed by atoms with Crippen molar-refractivity contribution in [2.24, 2.45) is 0 Å². The van der Waals surface area contributed by atoms with Crippen LogP contribution in [0.5, 0.6) is 0 Å². The minimum absolute atomic E-state index is 0.133. The number of aromatic amines is 1. The van der Waals surface area contributed by atoms with Gasteiger partial charge in [0.25, 0.3) is 5.91 Å². The molecule has 2 heterocycles. The molecule has 1 aromatic carbocycles. The number of aromatic nitrogens is 2. The minimum Gasteiger partial charge on any atom is -0.345 e. The maximum atomic E-state index is 12.4. The highest BCUT2D eigenvalue weighted by atomic mass is 32.2. The number of carbonyl (C=O) groups is 1. The van der Waals surface area contributed by atoms with Crippen molar-refractivity contribution in [1.29, 1.82) is 0 Å². The SMILES string of the molecule is O=C(c1ccc2nc[nH]c2c1)N1CCCSCC1. The van der Waals surface area contributed by atoms with Crippen LogP contribution in [-0.4, -0.2) is 45.4 Å². The Morgan fingerprint density at radius 2 is 2.28 bits per heavy atom. The summed E-state index contributed by atoms with van der Waals surface area (Å²) in [6.07, 6.45) is 2.74. The first-order valence-corrected chi connectivity index (χ1v) is 7.30. The first-order valence-electron chi connectivity index (χ1n) is 6.15. The molecule has 1 aliphatic rings. The molecule has 0 aliphatic carbocycles. The lowest BCUT2D eigenvalue weighted by Gasteiger charge is -2.19. The van der Waals surface area contributed by atoms with Crippen molar-refractivity contribution >= 4 is 28.7 Å². The van der Waals surface area contributed by atoms with Gasteiger partial charge in [0.1, 0.15) is 0 Å². The Morgan fingerprint density at radius 1 is 1.33 bits per heavy atom. The second-order valence-corrected chi connectivity index (χ2v) is 5.62. The molecule has 0 spiro atoms. The van der Waals surface area contributed by atoms with E-state index in [0.717, 1.165) is 47.6 Å². The van der Waals surface area contributed by atoms with Gasteiger partial charge in [0.05, 0.1) is 17.4 Å². The normalized spacial score (nSPS) is 16.8. The quantitative estimate of drug-likeness (QED) is 0.855. The number of rotatable bonds is 1. The van der Waals surface area contributed by atoms with Crippen molar-refractivity contribution in [2.75, 3.05) is 24.6 Å². The highest BCUT2D eigenvalue weighted by molar-refractivity contribution is 7.99. The van der Waals surface area contributed by atoms with E-state index in [2.05, 4.69) is 9.97 Å². The van der Waals surface area contributed by atoms with Crippen molar-refractivity contribution in [2.45, 2.75) is 6.42 Å². The molecule has 3 rings (SSSR count). The first kappa shape index (κ1) is 11.6. The van der Waals surface area contributed by atoms with E-state index < -0.39 is 0 Å². The van der Waals surface area contributed by atoms with Gasteiger partial charge in [-0.15, -0.1) is 0 Å². The van der Waals surface area contributed by atoms with E-state index >= 15 is 0 Å². The molecule has 94 valence electrons. The number of H-pyrrole nitrogens is 1. The van der Waals surface area contributed by atoms with Crippen molar-refractivity contribution in [3.05, 3.63) is 30.1 Å². The lowest BCUT2D eigenvalue weighted by molar-refractivity contribution is 0.0768. The minimum atomic E-state index is 0.133. The van der Waals surface area contributed by atoms with Crippen LogP contribution in [-0.2, 0) is 0 Å². The van der Waals surface area contributed by atoms with E-state index in [-0.39, 0.29) is 5.91 Å². The lowest BCUT2D eigenvalue weighted by Crippen LogP contribution is -2.32. The maximum Gasteiger partial charge on any atom is 0.253 e. The predicted octanol–water partition coefficient (Wildman–Crippen LogP) is 2.14. The van der Waals surface area contributed by atoms with Gasteiger partial charge in [-0.1, -0.05) is 0 Å². The van der Waals surface area contributed by atoms with Gasteiger partial charge in [0, 0.05) is 24.4 Å². The lowest BCUT2D eigenvalue weighted by atomic mass is 10.1. The summed E-state index contributed by atoms with van der Waals surface area (Å²) in [7, 11) is 0. The number of nitrogens with zero attached hydrogens (tertiary/aromatic N) is 2. The monoisotopic (exact) mass is 261 g/mol. The molecule has 1 fully saturated rings. The van der Waals surface area contributed by atoms with Crippen LogP contribution in [0.15, 0.2) is 24.5 Å². The third kappa shape index (κ3) is 2.22. The first-order chi connectivity index (χ1) is 8.84. The molecule has 0 atom stereocenters. The fourth-order valence-corrected chi connectivity index (χ4v) is 3.09. The summed E-state index contributed by atoms with van der Waals surface area (Å²) in [5.41, 5.74) is 2.57. The van der Waals surface area contributed by atoms with Gasteiger partial charge in [-0.2, -0.15) is 11.8 Å². The molecule has 1 aliphatic heterocycles. The van der Waals surface area contributed by atoms with E-state index in [1.807, 2.05) is 34.9 Å². The van der Waals surface area contributed by atoms with Gasteiger partial charge in [0.2, 0.25) is 0 Å². The number of benzene rings is 1. The van der Waals surface area contributed by atoms with Crippen LogP contribution in [0.4, 0.5) is 0 Å². The molecule has 5 heteroatoms. The van der Waals surface area contributed by atoms with Crippen molar-refractivity contribution in [3.8, 4) is 0 Å². The fraction of sp³-hybridized carbons (Fsp3) is 0.385. The number of thioether (sulfide) groups is 1. The number of amides is 1. The summed E-state index contributed by atoms with van der Waals surface area (Å²) >= 11 is 1.93. The Bertz CT molecular complexity index is 558. The molecular weight excluding hydrogens is 246 g/mol. The van der Waals surface area contributed by atoms with Gasteiger partial charge in [-0.05, 0) is 30.4 Å². The van der Waals surface area contributed by atoms with Crippen LogP contribution in [0.1, 0.15) is 16.8 Å². The molecular formula is C13H15N3OS. The number of carbonyl (C=O) groups excluding carboxylic acids is 1. The van der Waals surface area contributed by atoms with E-state index in [1.165, 1.54) is 0 Å². The van der Waals surface area contributed by atoms with E-state index in [0.29, 0.717) is 0 Å². The molecule has 0 bridgehead atoms. The zero-order valence-electron chi connectivity index (χ0n) is 10.1. The van der Waals surface area contributed by atoms with Crippen molar-refractivity contribution < 1.29 is 4.79 Å². The molecule has 1 amide bonds. The Morgan fingerprint density at radius 3 is 3.22 bits per heavy atom. The summed E-state index contributed by atoms with van der Waals surface area (Å²) in [5, 5.41) is 0. The molecule has 0 unspecified atom stereocenters. The van der Waals surface area contributed by atoms with Gasteiger partial charge >= 0.3 is 0 Å². The number of nitrogens with one attached hydrogen (secondary N) is 1. The second-order valence-electron chi connectivity index (χ2n) is 4.39. The largest absolute Gasteiger partial charge is 0.345 e. The molecule has 1 N–H and O–H groups in total. The standard InChI is InChI=1S/C13H15N3OS/c17-13(16-4-1-6-18-7-5-16)10-2-3-11-12(8-10)15-9-14-11/h2-3,8-9H,1,4-7H2,(H,14,15). The second kappa shape index (κ2) is 5.02. The van der Waals surface area contributed by atoms with Gasteiger partial charge in [-0.3, -0.25) is 4.79 Å². The van der Waals surface area contributed by atoms with Crippen LogP contribution in [0, 0.1) is 0 Å². The topological polar surface area (TPSA) is 49.0 Å². The van der Waals surface area contributed by atoms with Crippen LogP contribution in [0.3, 0.4) is 0 Å². The maximum absolute atomic E-state index is 12.4. The van der Waals surface area contributed by atoms with E-state index in [9.17, 15) is 4.79 Å². The van der Waals surface area contributed by atoms with Crippen molar-refractivity contribution in [3.63, 3.8) is 0 Å². The van der Waals surface area contributed by atoms with Crippen LogP contribution < -0.4 is 0 Å². The molecule has 0 saturated carbocycles.